The molecule has 0 saturated heterocycles. The Labute approximate surface area is 128 Å². The van der Waals surface area contributed by atoms with Crippen LogP contribution in [0.2, 0.25) is 5.02 Å². The van der Waals surface area contributed by atoms with Crippen LogP contribution in [-0.4, -0.2) is 23.1 Å². The Balaban J connectivity index is 1.86. The van der Waals surface area contributed by atoms with E-state index in [0.717, 1.165) is 17.7 Å². The first-order valence-electron chi connectivity index (χ1n) is 6.97. The fourth-order valence-electron chi connectivity index (χ4n) is 2.34. The van der Waals surface area contributed by atoms with Crippen LogP contribution in [0.3, 0.4) is 0 Å². The summed E-state index contributed by atoms with van der Waals surface area (Å²) < 4.78 is 20.8. The Bertz CT molecular complexity index is 681. The van der Waals surface area contributed by atoms with Crippen molar-refractivity contribution in [3.05, 3.63) is 58.6 Å². The molecule has 1 aliphatic rings. The van der Waals surface area contributed by atoms with Crippen LogP contribution in [-0.2, 0) is 11.3 Å². The number of rotatable bonds is 4. The van der Waals surface area contributed by atoms with Crippen LogP contribution in [0.5, 0.6) is 0 Å². The van der Waals surface area contributed by atoms with Crippen molar-refractivity contribution in [3.63, 3.8) is 0 Å². The molecule has 0 aliphatic carbocycles. The third-order valence-corrected chi connectivity index (χ3v) is 3.94. The normalized spacial score (nSPS) is 17.7. The van der Waals surface area contributed by atoms with Crippen molar-refractivity contribution in [3.8, 4) is 0 Å². The van der Waals surface area contributed by atoms with Gasteiger partial charge in [-0.15, -0.1) is 0 Å². The monoisotopic (exact) mass is 306 g/mol. The van der Waals surface area contributed by atoms with Gasteiger partial charge in [0, 0.05) is 17.8 Å². The lowest BCUT2D eigenvalue weighted by Crippen LogP contribution is -2.11. The van der Waals surface area contributed by atoms with Crippen molar-refractivity contribution in [2.45, 2.75) is 25.9 Å². The van der Waals surface area contributed by atoms with E-state index >= 15 is 0 Å². The molecule has 3 rings (SSSR count). The average Bonchev–Trinajstić information content (AvgIpc) is 3.10. The zero-order chi connectivity index (χ0) is 14.8. The van der Waals surface area contributed by atoms with Crippen LogP contribution < -0.4 is 0 Å². The van der Waals surface area contributed by atoms with Gasteiger partial charge in [0.25, 0.3) is 0 Å². The SMILES string of the molecule is CC[C@H]1COC(c2cccn2Cc2ccc(F)cc2Cl)=N1. The van der Waals surface area contributed by atoms with Crippen molar-refractivity contribution in [2.75, 3.05) is 6.61 Å². The van der Waals surface area contributed by atoms with E-state index in [1.807, 2.05) is 22.9 Å². The quantitative estimate of drug-likeness (QED) is 0.842. The molecule has 2 heterocycles. The van der Waals surface area contributed by atoms with Gasteiger partial charge >= 0.3 is 0 Å². The highest BCUT2D eigenvalue weighted by molar-refractivity contribution is 6.31. The van der Waals surface area contributed by atoms with Gasteiger partial charge in [0.2, 0.25) is 5.90 Å². The van der Waals surface area contributed by atoms with E-state index in [2.05, 4.69) is 11.9 Å². The first kappa shape index (κ1) is 14.1. The zero-order valence-corrected chi connectivity index (χ0v) is 12.5. The van der Waals surface area contributed by atoms with Gasteiger partial charge in [-0.3, -0.25) is 0 Å². The summed E-state index contributed by atoms with van der Waals surface area (Å²) in [5, 5.41) is 0.426. The van der Waals surface area contributed by atoms with Gasteiger partial charge in [-0.1, -0.05) is 24.6 Å². The molecule has 0 saturated carbocycles. The Morgan fingerprint density at radius 3 is 3.00 bits per heavy atom. The molecule has 3 nitrogen and oxygen atoms in total. The Hall–Kier alpha value is -1.81. The Kier molecular flexibility index (Phi) is 3.97. The standard InChI is InChI=1S/C16H16ClFN2O/c1-2-13-10-21-16(19-13)15-4-3-7-20(15)9-11-5-6-12(18)8-14(11)17/h3-8,13H,2,9-10H2,1H3/t13-/m0/s1. The summed E-state index contributed by atoms with van der Waals surface area (Å²) in [6.07, 6.45) is 2.91. The number of hydrogen-bond acceptors (Lipinski definition) is 2. The molecule has 1 aromatic heterocycles. The molecule has 1 aromatic carbocycles. The maximum absolute atomic E-state index is 13.1. The summed E-state index contributed by atoms with van der Waals surface area (Å²) in [6.45, 7) is 3.28. The summed E-state index contributed by atoms with van der Waals surface area (Å²) >= 11 is 6.09. The summed E-state index contributed by atoms with van der Waals surface area (Å²) in [4.78, 5) is 4.57. The van der Waals surface area contributed by atoms with Crippen molar-refractivity contribution in [1.82, 2.24) is 4.57 Å². The number of nitrogens with zero attached hydrogens (tertiary/aromatic N) is 2. The number of ether oxygens (including phenoxy) is 1. The highest BCUT2D eigenvalue weighted by Crippen LogP contribution is 2.21. The molecule has 0 spiro atoms. The number of aromatic nitrogens is 1. The van der Waals surface area contributed by atoms with Gasteiger partial charge in [-0.05, 0) is 36.2 Å². The summed E-state index contributed by atoms with van der Waals surface area (Å²) in [5.41, 5.74) is 1.78. The summed E-state index contributed by atoms with van der Waals surface area (Å²) in [6, 6.07) is 8.59. The van der Waals surface area contributed by atoms with Gasteiger partial charge in [0.05, 0.1) is 6.04 Å². The molecule has 0 fully saturated rings. The Morgan fingerprint density at radius 2 is 2.29 bits per heavy atom. The van der Waals surface area contributed by atoms with E-state index in [4.69, 9.17) is 16.3 Å². The van der Waals surface area contributed by atoms with Crippen molar-refractivity contribution in [1.29, 1.82) is 0 Å². The summed E-state index contributed by atoms with van der Waals surface area (Å²) in [5.74, 6) is 0.343. The predicted octanol–water partition coefficient (Wildman–Crippen LogP) is 3.88. The van der Waals surface area contributed by atoms with Crippen LogP contribution in [0.25, 0.3) is 0 Å². The number of hydrogen-bond donors (Lipinski definition) is 0. The highest BCUT2D eigenvalue weighted by Gasteiger charge is 2.21. The predicted molar refractivity (Wildman–Crippen MR) is 81.5 cm³/mol. The minimum atomic E-state index is -0.328. The highest BCUT2D eigenvalue weighted by atomic mass is 35.5. The molecule has 0 N–H and O–H groups in total. The minimum absolute atomic E-state index is 0.234. The topological polar surface area (TPSA) is 26.5 Å². The van der Waals surface area contributed by atoms with E-state index in [9.17, 15) is 4.39 Å². The lowest BCUT2D eigenvalue weighted by Gasteiger charge is -2.10. The fourth-order valence-corrected chi connectivity index (χ4v) is 2.57. The molecule has 0 bridgehead atoms. The van der Waals surface area contributed by atoms with E-state index in [1.54, 1.807) is 6.07 Å². The van der Waals surface area contributed by atoms with E-state index < -0.39 is 0 Å². The molecular weight excluding hydrogens is 291 g/mol. The molecule has 0 radical (unpaired) electrons. The third kappa shape index (κ3) is 2.95. The Morgan fingerprint density at radius 1 is 1.43 bits per heavy atom. The van der Waals surface area contributed by atoms with Crippen LogP contribution in [0.15, 0.2) is 41.5 Å². The van der Waals surface area contributed by atoms with Gasteiger partial charge in [0.1, 0.15) is 18.1 Å². The van der Waals surface area contributed by atoms with Crippen LogP contribution in [0.4, 0.5) is 4.39 Å². The van der Waals surface area contributed by atoms with Crippen molar-refractivity contribution in [2.24, 2.45) is 4.99 Å². The number of benzene rings is 1. The lowest BCUT2D eigenvalue weighted by molar-refractivity contribution is 0.313. The van der Waals surface area contributed by atoms with Gasteiger partial charge in [0.15, 0.2) is 0 Å². The summed E-state index contributed by atoms with van der Waals surface area (Å²) in [7, 11) is 0. The first-order chi connectivity index (χ1) is 10.2. The average molecular weight is 307 g/mol. The molecule has 0 unspecified atom stereocenters. The van der Waals surface area contributed by atoms with Crippen LogP contribution in [0, 0.1) is 5.82 Å². The molecule has 5 heteroatoms. The molecular formula is C16H16ClFN2O. The largest absolute Gasteiger partial charge is 0.474 e. The second-order valence-corrected chi connectivity index (χ2v) is 5.47. The van der Waals surface area contributed by atoms with Crippen LogP contribution >= 0.6 is 11.6 Å². The van der Waals surface area contributed by atoms with E-state index in [-0.39, 0.29) is 11.9 Å². The second kappa shape index (κ2) is 5.90. The number of aliphatic imine (C=N–C) groups is 1. The zero-order valence-electron chi connectivity index (χ0n) is 11.7. The third-order valence-electron chi connectivity index (χ3n) is 3.59. The van der Waals surface area contributed by atoms with Crippen molar-refractivity contribution >= 4 is 17.5 Å². The minimum Gasteiger partial charge on any atom is -0.474 e. The first-order valence-corrected chi connectivity index (χ1v) is 7.35. The molecule has 1 aliphatic heterocycles. The van der Waals surface area contributed by atoms with Gasteiger partial charge in [-0.25, -0.2) is 9.38 Å². The second-order valence-electron chi connectivity index (χ2n) is 5.06. The molecule has 2 aromatic rings. The maximum atomic E-state index is 13.1. The van der Waals surface area contributed by atoms with E-state index in [1.165, 1.54) is 12.1 Å². The van der Waals surface area contributed by atoms with Gasteiger partial charge < -0.3 is 9.30 Å². The number of halogens is 2. The maximum Gasteiger partial charge on any atom is 0.233 e. The van der Waals surface area contributed by atoms with E-state index in [0.29, 0.717) is 24.1 Å². The van der Waals surface area contributed by atoms with Gasteiger partial charge in [-0.2, -0.15) is 0 Å². The van der Waals surface area contributed by atoms with Crippen LogP contribution in [0.1, 0.15) is 24.6 Å². The fraction of sp³-hybridized carbons (Fsp3) is 0.312. The molecule has 1 atom stereocenters. The smallest absolute Gasteiger partial charge is 0.233 e. The molecule has 21 heavy (non-hydrogen) atoms. The molecule has 110 valence electrons. The molecule has 0 amide bonds. The lowest BCUT2D eigenvalue weighted by atomic mass is 10.2. The van der Waals surface area contributed by atoms with Crippen molar-refractivity contribution < 1.29 is 9.13 Å².